The monoisotopic (exact) mass is 229 g/mol. The predicted molar refractivity (Wildman–Crippen MR) is 58.0 cm³/mol. The zero-order valence-corrected chi connectivity index (χ0v) is 9.22. The second kappa shape index (κ2) is 3.65. The van der Waals surface area contributed by atoms with Gasteiger partial charge in [0.2, 0.25) is 0 Å². The fourth-order valence-electron chi connectivity index (χ4n) is 1.87. The Labute approximate surface area is 93.2 Å². The first-order chi connectivity index (χ1) is 7.04. The molecular formula is C11H13ClFNO. The van der Waals surface area contributed by atoms with Gasteiger partial charge in [-0.15, -0.1) is 0 Å². The van der Waals surface area contributed by atoms with Gasteiger partial charge in [-0.05, 0) is 19.1 Å². The number of hydrogen-bond donors (Lipinski definition) is 1. The third kappa shape index (κ3) is 1.94. The minimum absolute atomic E-state index is 0.188. The van der Waals surface area contributed by atoms with Gasteiger partial charge in [0.15, 0.2) is 0 Å². The second-order valence-electron chi connectivity index (χ2n) is 4.18. The van der Waals surface area contributed by atoms with Crippen molar-refractivity contribution in [3.63, 3.8) is 0 Å². The highest BCUT2D eigenvalue weighted by atomic mass is 35.5. The molecule has 0 radical (unpaired) electrons. The molecule has 0 spiro atoms. The summed E-state index contributed by atoms with van der Waals surface area (Å²) in [5, 5.41) is 0.573. The van der Waals surface area contributed by atoms with Crippen LogP contribution in [-0.4, -0.2) is 12.3 Å². The molecule has 2 N–H and O–H groups in total. The molecule has 1 aliphatic heterocycles. The summed E-state index contributed by atoms with van der Waals surface area (Å²) < 4.78 is 18.4. The maximum atomic E-state index is 12.8. The molecule has 0 aliphatic carbocycles. The SMILES string of the molecule is C[C@]1(CF)C[C@@H](N)c2ccc(Cl)cc2O1. The third-order valence-electron chi connectivity index (χ3n) is 2.67. The Morgan fingerprint density at radius 1 is 1.67 bits per heavy atom. The van der Waals surface area contributed by atoms with E-state index < -0.39 is 12.3 Å². The molecule has 0 amide bonds. The summed E-state index contributed by atoms with van der Waals surface area (Å²) in [6.07, 6.45) is 0.484. The minimum atomic E-state index is -0.822. The average Bonchev–Trinajstić information content (AvgIpc) is 2.16. The van der Waals surface area contributed by atoms with E-state index in [1.165, 1.54) is 0 Å². The van der Waals surface area contributed by atoms with Gasteiger partial charge in [0.05, 0.1) is 0 Å². The fraction of sp³-hybridized carbons (Fsp3) is 0.455. The Hall–Kier alpha value is -0.800. The first-order valence-corrected chi connectivity index (χ1v) is 5.22. The van der Waals surface area contributed by atoms with E-state index in [-0.39, 0.29) is 6.04 Å². The lowest BCUT2D eigenvalue weighted by Crippen LogP contribution is -2.42. The summed E-state index contributed by atoms with van der Waals surface area (Å²) in [6, 6.07) is 5.10. The zero-order valence-electron chi connectivity index (χ0n) is 8.47. The van der Waals surface area contributed by atoms with Crippen LogP contribution in [0.4, 0.5) is 4.39 Å². The molecule has 0 unspecified atom stereocenters. The predicted octanol–water partition coefficient (Wildman–Crippen LogP) is 2.85. The smallest absolute Gasteiger partial charge is 0.136 e. The van der Waals surface area contributed by atoms with Crippen LogP contribution in [-0.2, 0) is 0 Å². The van der Waals surface area contributed by atoms with Crippen LogP contribution in [0.5, 0.6) is 5.75 Å². The molecule has 2 atom stereocenters. The molecular weight excluding hydrogens is 217 g/mol. The summed E-state index contributed by atoms with van der Waals surface area (Å²) in [7, 11) is 0. The lowest BCUT2D eigenvalue weighted by atomic mass is 9.90. The van der Waals surface area contributed by atoms with Crippen LogP contribution in [0.2, 0.25) is 5.02 Å². The molecule has 4 heteroatoms. The van der Waals surface area contributed by atoms with Crippen LogP contribution in [0.1, 0.15) is 24.9 Å². The van der Waals surface area contributed by atoms with Crippen LogP contribution in [0.25, 0.3) is 0 Å². The van der Waals surface area contributed by atoms with Crippen LogP contribution in [0.3, 0.4) is 0 Å². The van der Waals surface area contributed by atoms with E-state index in [9.17, 15) is 4.39 Å². The van der Waals surface area contributed by atoms with Gasteiger partial charge in [-0.1, -0.05) is 17.7 Å². The van der Waals surface area contributed by atoms with Crippen molar-refractivity contribution in [2.45, 2.75) is 25.0 Å². The molecule has 0 saturated carbocycles. The summed E-state index contributed by atoms with van der Waals surface area (Å²) in [5.74, 6) is 0.599. The van der Waals surface area contributed by atoms with Gasteiger partial charge < -0.3 is 10.5 Å². The minimum Gasteiger partial charge on any atom is -0.484 e. The third-order valence-corrected chi connectivity index (χ3v) is 2.90. The average molecular weight is 230 g/mol. The topological polar surface area (TPSA) is 35.2 Å². The zero-order chi connectivity index (χ0) is 11.1. The highest BCUT2D eigenvalue weighted by Crippen LogP contribution is 2.39. The van der Waals surface area contributed by atoms with Gasteiger partial charge in [-0.25, -0.2) is 4.39 Å². The van der Waals surface area contributed by atoms with E-state index >= 15 is 0 Å². The number of nitrogens with two attached hydrogens (primary N) is 1. The van der Waals surface area contributed by atoms with Gasteiger partial charge in [-0.2, -0.15) is 0 Å². The van der Waals surface area contributed by atoms with E-state index in [1.807, 2.05) is 6.07 Å². The number of benzene rings is 1. The van der Waals surface area contributed by atoms with E-state index in [1.54, 1.807) is 19.1 Å². The van der Waals surface area contributed by atoms with Crippen molar-refractivity contribution in [3.05, 3.63) is 28.8 Å². The van der Waals surface area contributed by atoms with Crippen molar-refractivity contribution in [1.29, 1.82) is 0 Å². The van der Waals surface area contributed by atoms with Gasteiger partial charge in [0.1, 0.15) is 18.0 Å². The Morgan fingerprint density at radius 3 is 3.07 bits per heavy atom. The molecule has 1 heterocycles. The molecule has 0 aromatic heterocycles. The Bertz CT molecular complexity index is 385. The van der Waals surface area contributed by atoms with Crippen molar-refractivity contribution in [1.82, 2.24) is 0 Å². The van der Waals surface area contributed by atoms with Crippen molar-refractivity contribution in [3.8, 4) is 5.75 Å². The number of alkyl halides is 1. The van der Waals surface area contributed by atoms with E-state index in [0.29, 0.717) is 17.2 Å². The van der Waals surface area contributed by atoms with Crippen LogP contribution in [0, 0.1) is 0 Å². The summed E-state index contributed by atoms with van der Waals surface area (Å²) in [4.78, 5) is 0. The van der Waals surface area contributed by atoms with E-state index in [2.05, 4.69) is 0 Å². The van der Waals surface area contributed by atoms with Crippen LogP contribution >= 0.6 is 11.6 Å². The van der Waals surface area contributed by atoms with E-state index in [4.69, 9.17) is 22.1 Å². The fourth-order valence-corrected chi connectivity index (χ4v) is 2.03. The first kappa shape index (κ1) is 10.7. The molecule has 1 aromatic rings. The molecule has 1 aromatic carbocycles. The highest BCUT2D eigenvalue weighted by Gasteiger charge is 2.35. The van der Waals surface area contributed by atoms with Gasteiger partial charge >= 0.3 is 0 Å². The standard InChI is InChI=1S/C11H13ClFNO/c1-11(6-13)5-9(14)8-3-2-7(12)4-10(8)15-11/h2-4,9H,5-6,14H2,1H3/t9-,11-/m1/s1. The maximum absolute atomic E-state index is 12.8. The summed E-state index contributed by atoms with van der Waals surface area (Å²) in [5.41, 5.74) is 6.03. The lowest BCUT2D eigenvalue weighted by molar-refractivity contribution is 0.0297. The number of rotatable bonds is 1. The molecule has 2 rings (SSSR count). The van der Waals surface area contributed by atoms with Crippen molar-refractivity contribution in [2.24, 2.45) is 5.73 Å². The lowest BCUT2D eigenvalue weighted by Gasteiger charge is -2.36. The number of fused-ring (bicyclic) bond motifs is 1. The van der Waals surface area contributed by atoms with Crippen molar-refractivity contribution in [2.75, 3.05) is 6.67 Å². The molecule has 1 aliphatic rings. The highest BCUT2D eigenvalue weighted by molar-refractivity contribution is 6.30. The number of hydrogen-bond acceptors (Lipinski definition) is 2. The molecule has 0 saturated heterocycles. The molecule has 82 valence electrons. The number of ether oxygens (including phenoxy) is 1. The van der Waals surface area contributed by atoms with Crippen LogP contribution in [0.15, 0.2) is 18.2 Å². The summed E-state index contributed by atoms with van der Waals surface area (Å²) >= 11 is 5.85. The van der Waals surface area contributed by atoms with Crippen molar-refractivity contribution >= 4 is 11.6 Å². The molecule has 0 bridgehead atoms. The van der Waals surface area contributed by atoms with Crippen LogP contribution < -0.4 is 10.5 Å². The van der Waals surface area contributed by atoms with E-state index in [0.717, 1.165) is 5.56 Å². The van der Waals surface area contributed by atoms with Crippen molar-refractivity contribution < 1.29 is 9.13 Å². The number of halogens is 2. The second-order valence-corrected chi connectivity index (χ2v) is 4.61. The molecule has 0 fully saturated rings. The quantitative estimate of drug-likeness (QED) is 0.804. The van der Waals surface area contributed by atoms with Gasteiger partial charge in [0, 0.05) is 23.0 Å². The Kier molecular flexibility index (Phi) is 2.61. The van der Waals surface area contributed by atoms with Gasteiger partial charge in [-0.3, -0.25) is 0 Å². The normalized spacial score (nSPS) is 29.5. The maximum Gasteiger partial charge on any atom is 0.136 e. The molecule has 2 nitrogen and oxygen atoms in total. The molecule has 15 heavy (non-hydrogen) atoms. The largest absolute Gasteiger partial charge is 0.484 e. The Morgan fingerprint density at radius 2 is 2.40 bits per heavy atom. The summed E-state index contributed by atoms with van der Waals surface area (Å²) in [6.45, 7) is 1.17. The first-order valence-electron chi connectivity index (χ1n) is 4.84. The Balaban J connectivity index is 2.41. The van der Waals surface area contributed by atoms with Gasteiger partial charge in [0.25, 0.3) is 0 Å².